The van der Waals surface area contributed by atoms with Gasteiger partial charge < -0.3 is 5.11 Å². The Morgan fingerprint density at radius 2 is 2.25 bits per heavy atom. The predicted molar refractivity (Wildman–Crippen MR) is 60.9 cm³/mol. The molecular weight excluding hydrogens is 204 g/mol. The molecule has 1 saturated heterocycles. The van der Waals surface area contributed by atoms with Gasteiger partial charge in [0.2, 0.25) is 0 Å². The number of carboxylic acid groups (broad SMARTS) is 1. The quantitative estimate of drug-likeness (QED) is 0.791. The maximum Gasteiger partial charge on any atom is 0.323 e. The number of hydrogen-bond donors (Lipinski definition) is 1. The molecule has 90 valence electrons. The minimum absolute atomic E-state index is 0.373. The van der Waals surface area contributed by atoms with E-state index in [1.807, 2.05) is 18.7 Å². The second-order valence-electron chi connectivity index (χ2n) is 5.42. The van der Waals surface area contributed by atoms with E-state index in [4.69, 9.17) is 5.26 Å². The average molecular weight is 224 g/mol. The van der Waals surface area contributed by atoms with Gasteiger partial charge >= 0.3 is 5.97 Å². The van der Waals surface area contributed by atoms with Crippen LogP contribution in [0.15, 0.2) is 0 Å². The lowest BCUT2D eigenvalue weighted by Gasteiger charge is -2.32. The van der Waals surface area contributed by atoms with Gasteiger partial charge in [-0.1, -0.05) is 0 Å². The number of nitrogens with zero attached hydrogens (tertiary/aromatic N) is 2. The molecule has 16 heavy (non-hydrogen) atoms. The van der Waals surface area contributed by atoms with E-state index in [2.05, 4.69) is 6.07 Å². The van der Waals surface area contributed by atoms with E-state index in [9.17, 15) is 9.90 Å². The van der Waals surface area contributed by atoms with Crippen molar-refractivity contribution in [1.82, 2.24) is 4.90 Å². The van der Waals surface area contributed by atoms with E-state index in [0.717, 1.165) is 13.0 Å². The average Bonchev–Trinajstić information content (AvgIpc) is 2.59. The molecule has 0 saturated carbocycles. The van der Waals surface area contributed by atoms with E-state index >= 15 is 0 Å². The van der Waals surface area contributed by atoms with Crippen LogP contribution < -0.4 is 0 Å². The Bertz CT molecular complexity index is 319. The van der Waals surface area contributed by atoms with Gasteiger partial charge in [0.15, 0.2) is 0 Å². The Morgan fingerprint density at radius 1 is 1.62 bits per heavy atom. The van der Waals surface area contributed by atoms with Crippen molar-refractivity contribution in [2.75, 3.05) is 13.1 Å². The molecule has 0 aromatic heterocycles. The Kier molecular flexibility index (Phi) is 3.59. The minimum Gasteiger partial charge on any atom is -0.480 e. The zero-order valence-electron chi connectivity index (χ0n) is 10.3. The molecule has 1 heterocycles. The molecule has 1 rings (SSSR count). The first kappa shape index (κ1) is 13.0. The van der Waals surface area contributed by atoms with Crippen molar-refractivity contribution in [3.63, 3.8) is 0 Å². The largest absolute Gasteiger partial charge is 0.480 e. The second-order valence-corrected chi connectivity index (χ2v) is 5.42. The van der Waals surface area contributed by atoms with Gasteiger partial charge in [-0.2, -0.15) is 5.26 Å². The van der Waals surface area contributed by atoms with Crippen LogP contribution in [0.4, 0.5) is 0 Å². The maximum absolute atomic E-state index is 11.2. The number of rotatable bonds is 4. The summed E-state index contributed by atoms with van der Waals surface area (Å²) in [4.78, 5) is 13.2. The van der Waals surface area contributed by atoms with Gasteiger partial charge in [0, 0.05) is 6.54 Å². The fraction of sp³-hybridized carbons (Fsp3) is 0.833. The molecule has 0 spiro atoms. The first-order chi connectivity index (χ1) is 7.32. The summed E-state index contributed by atoms with van der Waals surface area (Å²) < 4.78 is 0. The van der Waals surface area contributed by atoms with E-state index < -0.39 is 11.5 Å². The number of nitriles is 1. The zero-order chi connectivity index (χ0) is 12.4. The minimum atomic E-state index is -0.750. The summed E-state index contributed by atoms with van der Waals surface area (Å²) >= 11 is 0. The summed E-state index contributed by atoms with van der Waals surface area (Å²) in [6.45, 7) is 7.07. The van der Waals surface area contributed by atoms with Crippen LogP contribution in [0.1, 0.15) is 40.0 Å². The fourth-order valence-electron chi connectivity index (χ4n) is 2.09. The van der Waals surface area contributed by atoms with Crippen LogP contribution >= 0.6 is 0 Å². The van der Waals surface area contributed by atoms with Crippen LogP contribution in [0.2, 0.25) is 0 Å². The van der Waals surface area contributed by atoms with Crippen molar-refractivity contribution in [3.05, 3.63) is 0 Å². The summed E-state index contributed by atoms with van der Waals surface area (Å²) in [5.41, 5.74) is -1.10. The van der Waals surface area contributed by atoms with Crippen LogP contribution in [0.25, 0.3) is 0 Å². The van der Waals surface area contributed by atoms with Crippen molar-refractivity contribution in [1.29, 1.82) is 5.26 Å². The molecule has 0 aromatic rings. The number of aliphatic carboxylic acids is 1. The molecule has 4 nitrogen and oxygen atoms in total. The highest BCUT2D eigenvalue weighted by Gasteiger charge is 2.43. The van der Waals surface area contributed by atoms with Gasteiger partial charge in [0.1, 0.15) is 5.54 Å². The summed E-state index contributed by atoms with van der Waals surface area (Å²) in [6.07, 6.45) is 2.34. The first-order valence-electron chi connectivity index (χ1n) is 5.71. The van der Waals surface area contributed by atoms with Gasteiger partial charge in [0.25, 0.3) is 0 Å². The molecule has 0 aliphatic carbocycles. The van der Waals surface area contributed by atoms with E-state index in [-0.39, 0.29) is 5.41 Å². The third kappa shape index (κ3) is 2.53. The molecule has 1 N–H and O–H groups in total. The fourth-order valence-corrected chi connectivity index (χ4v) is 2.09. The first-order valence-corrected chi connectivity index (χ1v) is 5.71. The highest BCUT2D eigenvalue weighted by Crippen LogP contribution is 2.31. The maximum atomic E-state index is 11.2. The van der Waals surface area contributed by atoms with Crippen molar-refractivity contribution in [3.8, 4) is 6.07 Å². The van der Waals surface area contributed by atoms with Gasteiger partial charge in [0.05, 0.1) is 11.5 Å². The lowest BCUT2D eigenvalue weighted by Crippen LogP contribution is -2.48. The molecule has 0 radical (unpaired) electrons. The molecule has 1 atom stereocenters. The van der Waals surface area contributed by atoms with Crippen molar-refractivity contribution in [2.45, 2.75) is 45.6 Å². The summed E-state index contributed by atoms with van der Waals surface area (Å²) in [7, 11) is 0. The molecule has 1 fully saturated rings. The Hall–Kier alpha value is -1.08. The Balaban J connectivity index is 2.62. The topological polar surface area (TPSA) is 64.3 Å². The molecule has 0 aromatic carbocycles. The van der Waals surface area contributed by atoms with Crippen molar-refractivity contribution >= 4 is 5.97 Å². The second kappa shape index (κ2) is 4.42. The third-order valence-corrected chi connectivity index (χ3v) is 3.56. The molecule has 1 aliphatic rings. The summed E-state index contributed by atoms with van der Waals surface area (Å²) in [6, 6.07) is 2.25. The van der Waals surface area contributed by atoms with Crippen LogP contribution in [-0.4, -0.2) is 34.6 Å². The molecule has 0 amide bonds. The Labute approximate surface area is 96.9 Å². The number of likely N-dealkylation sites (tertiary alicyclic amines) is 1. The smallest absolute Gasteiger partial charge is 0.323 e. The van der Waals surface area contributed by atoms with E-state index in [1.165, 1.54) is 0 Å². The van der Waals surface area contributed by atoms with Crippen molar-refractivity contribution < 1.29 is 9.90 Å². The monoisotopic (exact) mass is 224 g/mol. The van der Waals surface area contributed by atoms with E-state index in [0.29, 0.717) is 19.4 Å². The van der Waals surface area contributed by atoms with Crippen LogP contribution in [-0.2, 0) is 4.79 Å². The highest BCUT2D eigenvalue weighted by atomic mass is 16.4. The van der Waals surface area contributed by atoms with Gasteiger partial charge in [-0.25, -0.2) is 0 Å². The predicted octanol–water partition coefficient (Wildman–Crippen LogP) is 1.87. The number of carboxylic acids is 1. The zero-order valence-corrected chi connectivity index (χ0v) is 10.3. The van der Waals surface area contributed by atoms with E-state index in [1.54, 1.807) is 6.92 Å². The van der Waals surface area contributed by atoms with Crippen LogP contribution in [0.5, 0.6) is 0 Å². The number of hydrogen-bond acceptors (Lipinski definition) is 3. The highest BCUT2D eigenvalue weighted by molar-refractivity contribution is 5.78. The van der Waals surface area contributed by atoms with Crippen LogP contribution in [0, 0.1) is 16.7 Å². The molecule has 1 aliphatic heterocycles. The Morgan fingerprint density at radius 3 is 2.75 bits per heavy atom. The molecule has 1 unspecified atom stereocenters. The lowest BCUT2D eigenvalue weighted by atomic mass is 9.90. The summed E-state index contributed by atoms with van der Waals surface area (Å²) in [5.74, 6) is -0.750. The molecule has 0 bridgehead atoms. The lowest BCUT2D eigenvalue weighted by molar-refractivity contribution is -0.148. The third-order valence-electron chi connectivity index (χ3n) is 3.56. The van der Waals surface area contributed by atoms with Gasteiger partial charge in [-0.15, -0.1) is 0 Å². The van der Waals surface area contributed by atoms with Crippen LogP contribution in [0.3, 0.4) is 0 Å². The standard InChI is InChI=1S/C12H20N2O2/c1-11(2,9-13)6-8-14-7-4-5-12(14,3)10(15)16/h4-8H2,1-3H3,(H,15,16). The molecular formula is C12H20N2O2. The van der Waals surface area contributed by atoms with Gasteiger partial charge in [-0.3, -0.25) is 9.69 Å². The van der Waals surface area contributed by atoms with Crippen molar-refractivity contribution in [2.24, 2.45) is 5.41 Å². The normalized spacial score (nSPS) is 26.6. The summed E-state index contributed by atoms with van der Waals surface area (Å²) in [5, 5.41) is 18.1. The van der Waals surface area contributed by atoms with Gasteiger partial charge in [-0.05, 0) is 46.6 Å². The number of carbonyl (C=O) groups is 1. The SMILES string of the molecule is CC(C)(C#N)CCN1CCCC1(C)C(=O)O. The molecule has 4 heteroatoms.